The molecule has 0 fully saturated rings. The molecule has 1 unspecified atom stereocenters. The molecule has 19 heavy (non-hydrogen) atoms. The third kappa shape index (κ3) is 2.94. The highest BCUT2D eigenvalue weighted by atomic mass is 16.2. The molecule has 0 aliphatic carbocycles. The number of rotatable bonds is 2. The number of amides is 2. The number of hydrogen-bond donors (Lipinski definition) is 1. The summed E-state index contributed by atoms with van der Waals surface area (Å²) >= 11 is 0. The Labute approximate surface area is 113 Å². The summed E-state index contributed by atoms with van der Waals surface area (Å²) in [4.78, 5) is 14.0. The molecule has 0 bridgehead atoms. The number of carbonyl (C=O) groups excluding carboxylic acids is 1. The lowest BCUT2D eigenvalue weighted by atomic mass is 10.1. The van der Waals surface area contributed by atoms with Crippen LogP contribution in [0.3, 0.4) is 0 Å². The predicted molar refractivity (Wildman–Crippen MR) is 74.6 cm³/mol. The second-order valence-corrected chi connectivity index (χ2v) is 4.94. The third-order valence-corrected chi connectivity index (χ3v) is 3.18. The quantitative estimate of drug-likeness (QED) is 0.826. The molecular formula is C15H17N3O. The maximum atomic E-state index is 12.2. The molecular weight excluding hydrogens is 238 g/mol. The Kier molecular flexibility index (Phi) is 3.86. The second-order valence-electron chi connectivity index (χ2n) is 4.94. The highest BCUT2D eigenvalue weighted by Crippen LogP contribution is 2.19. The first-order valence-corrected chi connectivity index (χ1v) is 6.36. The lowest BCUT2D eigenvalue weighted by Gasteiger charge is -2.27. The Bertz CT molecular complexity index is 543. The van der Waals surface area contributed by atoms with Crippen LogP contribution in [-0.4, -0.2) is 23.5 Å². The van der Waals surface area contributed by atoms with Gasteiger partial charge in [0.25, 0.3) is 0 Å². The Balaban J connectivity index is 2.07. The van der Waals surface area contributed by atoms with E-state index in [0.29, 0.717) is 23.7 Å². The van der Waals surface area contributed by atoms with E-state index in [0.717, 1.165) is 0 Å². The van der Waals surface area contributed by atoms with Gasteiger partial charge in [-0.3, -0.25) is 0 Å². The van der Waals surface area contributed by atoms with Crippen LogP contribution in [0.4, 0.5) is 10.5 Å². The Hall–Kier alpha value is -2.28. The van der Waals surface area contributed by atoms with E-state index >= 15 is 0 Å². The van der Waals surface area contributed by atoms with Gasteiger partial charge >= 0.3 is 6.03 Å². The van der Waals surface area contributed by atoms with Gasteiger partial charge in [-0.2, -0.15) is 5.26 Å². The molecule has 2 rings (SSSR count). The van der Waals surface area contributed by atoms with Gasteiger partial charge in [-0.15, -0.1) is 0 Å². The smallest absolute Gasteiger partial charge is 0.314 e. The Morgan fingerprint density at radius 1 is 1.53 bits per heavy atom. The van der Waals surface area contributed by atoms with Crippen molar-refractivity contribution in [3.8, 4) is 6.07 Å². The monoisotopic (exact) mass is 255 g/mol. The predicted octanol–water partition coefficient (Wildman–Crippen LogP) is 2.99. The minimum absolute atomic E-state index is 0.126. The number of carbonyl (C=O) groups is 1. The number of hydrogen-bond acceptors (Lipinski definition) is 2. The van der Waals surface area contributed by atoms with Gasteiger partial charge in [0.05, 0.1) is 17.7 Å². The van der Waals surface area contributed by atoms with E-state index in [-0.39, 0.29) is 12.1 Å². The summed E-state index contributed by atoms with van der Waals surface area (Å²) in [6, 6.07) is 9.00. The van der Waals surface area contributed by atoms with Crippen LogP contribution in [0, 0.1) is 17.2 Å². The fraction of sp³-hybridized carbons (Fsp3) is 0.333. The number of nitrogens with zero attached hydrogens (tertiary/aromatic N) is 2. The molecule has 1 aliphatic rings. The van der Waals surface area contributed by atoms with Crippen LogP contribution < -0.4 is 5.32 Å². The van der Waals surface area contributed by atoms with Gasteiger partial charge < -0.3 is 10.2 Å². The molecule has 1 atom stereocenters. The average molecular weight is 255 g/mol. The fourth-order valence-electron chi connectivity index (χ4n) is 2.20. The lowest BCUT2D eigenvalue weighted by molar-refractivity contribution is 0.199. The molecule has 98 valence electrons. The Morgan fingerprint density at radius 3 is 3.00 bits per heavy atom. The molecule has 0 aromatic heterocycles. The topological polar surface area (TPSA) is 56.1 Å². The van der Waals surface area contributed by atoms with Gasteiger partial charge in [-0.1, -0.05) is 32.1 Å². The molecule has 1 aromatic rings. The van der Waals surface area contributed by atoms with Crippen molar-refractivity contribution in [2.75, 3.05) is 11.9 Å². The standard InChI is InChI=1S/C15H17N3O/c1-11(2)14-7-4-8-18(14)15(19)17-13-6-3-5-12(9-13)10-16/h3-7,9,11,14H,8H2,1-2H3,(H,17,19). The normalized spacial score (nSPS) is 17.6. The van der Waals surface area contributed by atoms with Crippen LogP contribution in [0.15, 0.2) is 36.4 Å². The van der Waals surface area contributed by atoms with Crippen molar-refractivity contribution >= 4 is 11.7 Å². The van der Waals surface area contributed by atoms with Gasteiger partial charge in [0.2, 0.25) is 0 Å². The zero-order chi connectivity index (χ0) is 13.8. The maximum absolute atomic E-state index is 12.2. The number of nitriles is 1. The van der Waals surface area contributed by atoms with Crippen LogP contribution in [0.25, 0.3) is 0 Å². The SMILES string of the molecule is CC(C)C1C=CCN1C(=O)Nc1cccc(C#N)c1. The van der Waals surface area contributed by atoms with E-state index in [4.69, 9.17) is 5.26 Å². The first-order chi connectivity index (χ1) is 9.11. The molecule has 4 nitrogen and oxygen atoms in total. The van der Waals surface area contributed by atoms with Gasteiger partial charge in [0.1, 0.15) is 0 Å². The molecule has 0 radical (unpaired) electrons. The van der Waals surface area contributed by atoms with Crippen molar-refractivity contribution in [2.24, 2.45) is 5.92 Å². The van der Waals surface area contributed by atoms with Gasteiger partial charge in [0.15, 0.2) is 0 Å². The summed E-state index contributed by atoms with van der Waals surface area (Å²) in [6.07, 6.45) is 4.08. The van der Waals surface area contributed by atoms with E-state index in [1.165, 1.54) is 0 Å². The van der Waals surface area contributed by atoms with Crippen molar-refractivity contribution in [3.05, 3.63) is 42.0 Å². The van der Waals surface area contributed by atoms with Gasteiger partial charge in [-0.25, -0.2) is 4.79 Å². The first kappa shape index (κ1) is 13.2. The number of nitrogens with one attached hydrogen (secondary N) is 1. The van der Waals surface area contributed by atoms with E-state index in [9.17, 15) is 4.79 Å². The van der Waals surface area contributed by atoms with E-state index in [2.05, 4.69) is 31.3 Å². The van der Waals surface area contributed by atoms with Crippen LogP contribution in [0.5, 0.6) is 0 Å². The minimum atomic E-state index is -0.126. The average Bonchev–Trinajstić information content (AvgIpc) is 2.88. The summed E-state index contributed by atoms with van der Waals surface area (Å²) in [5, 5.41) is 11.7. The van der Waals surface area contributed by atoms with Gasteiger partial charge in [-0.05, 0) is 24.1 Å². The molecule has 0 saturated heterocycles. The molecule has 0 saturated carbocycles. The summed E-state index contributed by atoms with van der Waals surface area (Å²) in [5.74, 6) is 0.384. The first-order valence-electron chi connectivity index (χ1n) is 6.36. The molecule has 1 heterocycles. The molecule has 1 aromatic carbocycles. The third-order valence-electron chi connectivity index (χ3n) is 3.18. The summed E-state index contributed by atoms with van der Waals surface area (Å²) < 4.78 is 0. The highest BCUT2D eigenvalue weighted by Gasteiger charge is 2.26. The summed E-state index contributed by atoms with van der Waals surface area (Å²) in [7, 11) is 0. The number of anilines is 1. The summed E-state index contributed by atoms with van der Waals surface area (Å²) in [6.45, 7) is 4.82. The second kappa shape index (κ2) is 5.57. The Morgan fingerprint density at radius 2 is 2.32 bits per heavy atom. The van der Waals surface area contributed by atoms with Crippen molar-refractivity contribution in [3.63, 3.8) is 0 Å². The van der Waals surface area contributed by atoms with E-state index < -0.39 is 0 Å². The molecule has 1 aliphatic heterocycles. The van der Waals surface area contributed by atoms with Crippen LogP contribution in [0.2, 0.25) is 0 Å². The van der Waals surface area contributed by atoms with Crippen molar-refractivity contribution in [1.82, 2.24) is 4.90 Å². The van der Waals surface area contributed by atoms with E-state index in [1.54, 1.807) is 29.2 Å². The zero-order valence-corrected chi connectivity index (χ0v) is 11.1. The number of benzene rings is 1. The van der Waals surface area contributed by atoms with Crippen molar-refractivity contribution in [2.45, 2.75) is 19.9 Å². The largest absolute Gasteiger partial charge is 0.322 e. The van der Waals surface area contributed by atoms with Crippen molar-refractivity contribution < 1.29 is 4.79 Å². The number of urea groups is 1. The molecule has 1 N–H and O–H groups in total. The fourth-order valence-corrected chi connectivity index (χ4v) is 2.20. The molecule has 4 heteroatoms. The van der Waals surface area contributed by atoms with Gasteiger partial charge in [0, 0.05) is 12.2 Å². The highest BCUT2D eigenvalue weighted by molar-refractivity contribution is 5.90. The lowest BCUT2D eigenvalue weighted by Crippen LogP contribution is -2.41. The van der Waals surface area contributed by atoms with Crippen LogP contribution in [-0.2, 0) is 0 Å². The summed E-state index contributed by atoms with van der Waals surface area (Å²) in [5.41, 5.74) is 1.19. The van der Waals surface area contributed by atoms with Crippen LogP contribution in [0.1, 0.15) is 19.4 Å². The molecule has 2 amide bonds. The zero-order valence-electron chi connectivity index (χ0n) is 11.1. The molecule has 0 spiro atoms. The minimum Gasteiger partial charge on any atom is -0.314 e. The van der Waals surface area contributed by atoms with Crippen LogP contribution >= 0.6 is 0 Å². The maximum Gasteiger partial charge on any atom is 0.322 e. The van der Waals surface area contributed by atoms with E-state index in [1.807, 2.05) is 6.08 Å². The van der Waals surface area contributed by atoms with Crippen molar-refractivity contribution in [1.29, 1.82) is 5.26 Å².